The third kappa shape index (κ3) is 2.86. The molecule has 0 saturated carbocycles. The van der Waals surface area contributed by atoms with Gasteiger partial charge >= 0.3 is 0 Å². The van der Waals surface area contributed by atoms with E-state index in [9.17, 15) is 4.79 Å². The van der Waals surface area contributed by atoms with E-state index >= 15 is 0 Å². The standard InChI is InChI=1S/C11H15ClN2O3/c1-7-11(12)9(14(2)13-7)5-8(15)6-10-16-3-4-17-10/h10H,3-6H2,1-2H3. The number of aromatic nitrogens is 2. The highest BCUT2D eigenvalue weighted by Crippen LogP contribution is 2.21. The van der Waals surface area contributed by atoms with E-state index in [0.717, 1.165) is 11.4 Å². The van der Waals surface area contributed by atoms with Crippen LogP contribution in [0.25, 0.3) is 0 Å². The Morgan fingerprint density at radius 1 is 1.53 bits per heavy atom. The Balaban J connectivity index is 1.97. The van der Waals surface area contributed by atoms with Crippen LogP contribution in [0.4, 0.5) is 0 Å². The number of hydrogen-bond acceptors (Lipinski definition) is 4. The monoisotopic (exact) mass is 258 g/mol. The van der Waals surface area contributed by atoms with Crippen LogP contribution in [0, 0.1) is 6.92 Å². The van der Waals surface area contributed by atoms with E-state index in [0.29, 0.717) is 18.2 Å². The lowest BCUT2D eigenvalue weighted by Gasteiger charge is -2.08. The summed E-state index contributed by atoms with van der Waals surface area (Å²) >= 11 is 6.08. The third-order valence-corrected chi connectivity index (χ3v) is 3.20. The number of aryl methyl sites for hydroxylation is 2. The summed E-state index contributed by atoms with van der Waals surface area (Å²) in [6.45, 7) is 2.94. The van der Waals surface area contributed by atoms with Crippen molar-refractivity contribution in [2.24, 2.45) is 7.05 Å². The fourth-order valence-electron chi connectivity index (χ4n) is 1.84. The second-order valence-corrected chi connectivity index (χ2v) is 4.44. The molecular weight excluding hydrogens is 244 g/mol. The average Bonchev–Trinajstić information content (AvgIpc) is 2.83. The summed E-state index contributed by atoms with van der Waals surface area (Å²) < 4.78 is 12.1. The first-order valence-electron chi connectivity index (χ1n) is 5.51. The molecule has 2 rings (SSSR count). The Hall–Kier alpha value is -0.910. The molecular formula is C11H15ClN2O3. The molecule has 94 valence electrons. The number of halogens is 1. The molecule has 17 heavy (non-hydrogen) atoms. The van der Waals surface area contributed by atoms with Crippen LogP contribution < -0.4 is 0 Å². The zero-order valence-electron chi connectivity index (χ0n) is 9.90. The molecule has 1 aliphatic heterocycles. The van der Waals surface area contributed by atoms with Gasteiger partial charge in [-0.2, -0.15) is 5.10 Å². The number of hydrogen-bond donors (Lipinski definition) is 0. The molecule has 0 aliphatic carbocycles. The summed E-state index contributed by atoms with van der Waals surface area (Å²) in [7, 11) is 1.78. The molecule has 1 aromatic heterocycles. The second-order valence-electron chi connectivity index (χ2n) is 4.06. The molecule has 0 radical (unpaired) electrons. The van der Waals surface area contributed by atoms with Crippen LogP contribution in [0.5, 0.6) is 0 Å². The average molecular weight is 259 g/mol. The van der Waals surface area contributed by atoms with Crippen LogP contribution in [0.15, 0.2) is 0 Å². The van der Waals surface area contributed by atoms with Gasteiger partial charge in [-0.05, 0) is 6.92 Å². The maximum Gasteiger partial charge on any atom is 0.164 e. The molecule has 5 nitrogen and oxygen atoms in total. The van der Waals surface area contributed by atoms with Gasteiger partial charge < -0.3 is 9.47 Å². The van der Waals surface area contributed by atoms with E-state index in [-0.39, 0.29) is 18.6 Å². The Bertz CT molecular complexity index is 425. The summed E-state index contributed by atoms with van der Waals surface area (Å²) in [6.07, 6.45) is 0.135. The Kier molecular flexibility index (Phi) is 3.81. The predicted octanol–water partition coefficient (Wildman–Crippen LogP) is 1.26. The second kappa shape index (κ2) is 5.16. The van der Waals surface area contributed by atoms with Gasteiger partial charge in [-0.1, -0.05) is 11.6 Å². The minimum Gasteiger partial charge on any atom is -0.350 e. The number of carbonyl (C=O) groups is 1. The first kappa shape index (κ1) is 12.5. The molecule has 0 unspecified atom stereocenters. The highest BCUT2D eigenvalue weighted by Gasteiger charge is 2.22. The lowest BCUT2D eigenvalue weighted by atomic mass is 10.1. The largest absolute Gasteiger partial charge is 0.350 e. The molecule has 6 heteroatoms. The maximum absolute atomic E-state index is 11.8. The third-order valence-electron chi connectivity index (χ3n) is 2.71. The summed E-state index contributed by atoms with van der Waals surface area (Å²) in [6, 6.07) is 0. The minimum atomic E-state index is -0.393. The Morgan fingerprint density at radius 2 is 2.18 bits per heavy atom. The number of ketones is 1. The van der Waals surface area contributed by atoms with Gasteiger partial charge in [-0.3, -0.25) is 9.48 Å². The molecule has 2 heterocycles. The van der Waals surface area contributed by atoms with Gasteiger partial charge in [0.25, 0.3) is 0 Å². The molecule has 0 bridgehead atoms. The van der Waals surface area contributed by atoms with Crippen molar-refractivity contribution in [1.29, 1.82) is 0 Å². The lowest BCUT2D eigenvalue weighted by Crippen LogP contribution is -2.17. The quantitative estimate of drug-likeness (QED) is 0.816. The fraction of sp³-hybridized carbons (Fsp3) is 0.636. The van der Waals surface area contributed by atoms with Crippen molar-refractivity contribution in [1.82, 2.24) is 9.78 Å². The summed E-state index contributed by atoms with van der Waals surface area (Å²) in [5.74, 6) is 0.0433. The molecule has 0 aromatic carbocycles. The van der Waals surface area contributed by atoms with Gasteiger partial charge in [0.05, 0.1) is 42.5 Å². The first-order valence-corrected chi connectivity index (χ1v) is 5.88. The van der Waals surface area contributed by atoms with Crippen molar-refractivity contribution in [3.63, 3.8) is 0 Å². The van der Waals surface area contributed by atoms with E-state index in [4.69, 9.17) is 21.1 Å². The number of Topliss-reactive ketones (excluding diaryl/α,β-unsaturated/α-hetero) is 1. The van der Waals surface area contributed by atoms with E-state index in [1.165, 1.54) is 0 Å². The fourth-order valence-corrected chi connectivity index (χ4v) is 2.07. The van der Waals surface area contributed by atoms with Crippen LogP contribution in [0.1, 0.15) is 17.8 Å². The van der Waals surface area contributed by atoms with Crippen molar-refractivity contribution >= 4 is 17.4 Å². The number of rotatable bonds is 4. The van der Waals surface area contributed by atoms with Crippen molar-refractivity contribution in [3.8, 4) is 0 Å². The molecule has 0 N–H and O–H groups in total. The van der Waals surface area contributed by atoms with Crippen molar-refractivity contribution in [2.45, 2.75) is 26.1 Å². The normalized spacial score (nSPS) is 16.6. The van der Waals surface area contributed by atoms with E-state index in [2.05, 4.69) is 5.10 Å². The van der Waals surface area contributed by atoms with Crippen molar-refractivity contribution in [2.75, 3.05) is 13.2 Å². The number of carbonyl (C=O) groups excluding carboxylic acids is 1. The number of nitrogens with zero attached hydrogens (tertiary/aromatic N) is 2. The molecule has 0 spiro atoms. The highest BCUT2D eigenvalue weighted by molar-refractivity contribution is 6.32. The Labute approximate surface area is 105 Å². The van der Waals surface area contributed by atoms with Gasteiger partial charge in [0.15, 0.2) is 6.29 Å². The minimum absolute atomic E-state index is 0.0433. The maximum atomic E-state index is 11.8. The zero-order valence-corrected chi connectivity index (χ0v) is 10.7. The van der Waals surface area contributed by atoms with Gasteiger partial charge in [0.1, 0.15) is 5.78 Å². The van der Waals surface area contributed by atoms with Gasteiger partial charge in [0, 0.05) is 7.05 Å². The van der Waals surface area contributed by atoms with Crippen LogP contribution in [-0.2, 0) is 27.7 Å². The van der Waals surface area contributed by atoms with Crippen molar-refractivity contribution < 1.29 is 14.3 Å². The van der Waals surface area contributed by atoms with Crippen LogP contribution in [-0.4, -0.2) is 35.1 Å². The van der Waals surface area contributed by atoms with Crippen LogP contribution >= 0.6 is 11.6 Å². The van der Waals surface area contributed by atoms with Crippen molar-refractivity contribution in [3.05, 3.63) is 16.4 Å². The van der Waals surface area contributed by atoms with E-state index < -0.39 is 6.29 Å². The highest BCUT2D eigenvalue weighted by atomic mass is 35.5. The topological polar surface area (TPSA) is 53.4 Å². The van der Waals surface area contributed by atoms with Gasteiger partial charge in [0.2, 0.25) is 0 Å². The molecule has 1 fully saturated rings. The molecule has 1 saturated heterocycles. The predicted molar refractivity (Wildman–Crippen MR) is 62.0 cm³/mol. The van der Waals surface area contributed by atoms with E-state index in [1.54, 1.807) is 11.7 Å². The smallest absolute Gasteiger partial charge is 0.164 e. The van der Waals surface area contributed by atoms with Gasteiger partial charge in [-0.25, -0.2) is 0 Å². The van der Waals surface area contributed by atoms with Crippen LogP contribution in [0.3, 0.4) is 0 Å². The Morgan fingerprint density at radius 3 is 2.71 bits per heavy atom. The summed E-state index contributed by atoms with van der Waals surface area (Å²) in [4.78, 5) is 11.8. The van der Waals surface area contributed by atoms with Gasteiger partial charge in [-0.15, -0.1) is 0 Å². The molecule has 0 atom stereocenters. The SMILES string of the molecule is Cc1nn(C)c(CC(=O)CC2OCCO2)c1Cl. The molecule has 0 amide bonds. The summed E-state index contributed by atoms with van der Waals surface area (Å²) in [5.41, 5.74) is 1.48. The lowest BCUT2D eigenvalue weighted by molar-refractivity contribution is -0.126. The first-order chi connectivity index (χ1) is 8.08. The molecule has 1 aliphatic rings. The molecule has 1 aromatic rings. The van der Waals surface area contributed by atoms with Crippen LogP contribution in [0.2, 0.25) is 5.02 Å². The van der Waals surface area contributed by atoms with E-state index in [1.807, 2.05) is 6.92 Å². The summed E-state index contributed by atoms with van der Waals surface area (Å²) in [5, 5.41) is 4.73. The zero-order chi connectivity index (χ0) is 12.4. The number of ether oxygens (including phenoxy) is 2.